The van der Waals surface area contributed by atoms with Gasteiger partial charge in [0.1, 0.15) is 5.82 Å². The third kappa shape index (κ3) is 2.55. The summed E-state index contributed by atoms with van der Waals surface area (Å²) in [4.78, 5) is 2.18. The summed E-state index contributed by atoms with van der Waals surface area (Å²) in [7, 11) is 3.67. The van der Waals surface area contributed by atoms with Crippen LogP contribution >= 0.6 is 0 Å². The highest BCUT2D eigenvalue weighted by Gasteiger charge is 2.41. The van der Waals surface area contributed by atoms with E-state index >= 15 is 0 Å². The van der Waals surface area contributed by atoms with E-state index in [0.29, 0.717) is 13.0 Å². The van der Waals surface area contributed by atoms with Crippen molar-refractivity contribution in [2.45, 2.75) is 12.0 Å². The van der Waals surface area contributed by atoms with Crippen molar-refractivity contribution in [3.05, 3.63) is 35.6 Å². The van der Waals surface area contributed by atoms with E-state index < -0.39 is 5.60 Å². The molecule has 2 rings (SSSR count). The predicted octanol–water partition coefficient (Wildman–Crippen LogP) is 1.61. The molecule has 1 aliphatic heterocycles. The minimum Gasteiger partial charge on any atom is -0.385 e. The lowest BCUT2D eigenvalue weighted by molar-refractivity contribution is -0.0954. The molecule has 0 radical (unpaired) electrons. The number of nitrogens with zero attached hydrogens (tertiary/aromatic N) is 1. The van der Waals surface area contributed by atoms with E-state index in [1.807, 2.05) is 7.05 Å². The van der Waals surface area contributed by atoms with Crippen molar-refractivity contribution >= 4 is 0 Å². The number of aliphatic hydroxyl groups is 1. The Morgan fingerprint density at radius 2 is 2.11 bits per heavy atom. The Balaban J connectivity index is 2.28. The summed E-state index contributed by atoms with van der Waals surface area (Å²) in [5.41, 5.74) is -0.144. The number of methoxy groups -OCH3 is 1. The van der Waals surface area contributed by atoms with Crippen molar-refractivity contribution in [1.29, 1.82) is 0 Å². The van der Waals surface area contributed by atoms with Gasteiger partial charge in [-0.05, 0) is 31.2 Å². The van der Waals surface area contributed by atoms with Crippen molar-refractivity contribution in [3.8, 4) is 0 Å². The second-order valence-corrected chi connectivity index (χ2v) is 5.10. The number of hydrogen-bond donors (Lipinski definition) is 1. The molecule has 0 bridgehead atoms. The van der Waals surface area contributed by atoms with E-state index in [2.05, 4.69) is 4.90 Å². The Kier molecular flexibility index (Phi) is 4.00. The second-order valence-electron chi connectivity index (χ2n) is 5.10. The summed E-state index contributed by atoms with van der Waals surface area (Å²) >= 11 is 0. The van der Waals surface area contributed by atoms with Gasteiger partial charge in [-0.3, -0.25) is 0 Å². The molecule has 0 spiro atoms. The Bertz CT molecular complexity index is 395. The quantitative estimate of drug-likeness (QED) is 0.888. The Morgan fingerprint density at radius 3 is 2.72 bits per heavy atom. The molecule has 100 valence electrons. The zero-order valence-corrected chi connectivity index (χ0v) is 10.9. The SMILES string of the molecule is COCC1CN(C)CCC1(O)c1ccc(F)cc1. The molecule has 2 unspecified atom stereocenters. The van der Waals surface area contributed by atoms with Crippen LogP contribution in [0.2, 0.25) is 0 Å². The summed E-state index contributed by atoms with van der Waals surface area (Å²) in [6, 6.07) is 6.14. The summed E-state index contributed by atoms with van der Waals surface area (Å²) in [5.74, 6) is -0.273. The lowest BCUT2D eigenvalue weighted by atomic mass is 9.76. The first-order valence-electron chi connectivity index (χ1n) is 6.22. The average Bonchev–Trinajstić information content (AvgIpc) is 2.35. The molecule has 3 nitrogen and oxygen atoms in total. The van der Waals surface area contributed by atoms with Crippen molar-refractivity contribution < 1.29 is 14.2 Å². The molecule has 1 aromatic carbocycles. The van der Waals surface area contributed by atoms with Gasteiger partial charge in [-0.1, -0.05) is 12.1 Å². The fourth-order valence-electron chi connectivity index (χ4n) is 2.69. The van der Waals surface area contributed by atoms with Gasteiger partial charge in [-0.2, -0.15) is 0 Å². The highest BCUT2D eigenvalue weighted by Crippen LogP contribution is 2.37. The zero-order valence-electron chi connectivity index (χ0n) is 10.9. The number of ether oxygens (including phenoxy) is 1. The number of piperidine rings is 1. The maximum absolute atomic E-state index is 13.0. The maximum atomic E-state index is 13.0. The number of benzene rings is 1. The van der Waals surface area contributed by atoms with Gasteiger partial charge >= 0.3 is 0 Å². The Labute approximate surface area is 107 Å². The van der Waals surface area contributed by atoms with Crippen molar-refractivity contribution in [3.63, 3.8) is 0 Å². The molecule has 1 saturated heterocycles. The third-order valence-corrected chi connectivity index (χ3v) is 3.79. The fraction of sp³-hybridized carbons (Fsp3) is 0.571. The molecule has 18 heavy (non-hydrogen) atoms. The van der Waals surface area contributed by atoms with Crippen LogP contribution in [0.1, 0.15) is 12.0 Å². The molecule has 1 aliphatic rings. The molecular weight excluding hydrogens is 233 g/mol. The summed E-state index contributed by atoms with van der Waals surface area (Å²) in [6.45, 7) is 2.11. The first-order valence-corrected chi connectivity index (χ1v) is 6.22. The molecule has 0 amide bonds. The summed E-state index contributed by atoms with van der Waals surface area (Å²) in [5, 5.41) is 10.9. The molecule has 1 heterocycles. The Morgan fingerprint density at radius 1 is 1.44 bits per heavy atom. The average molecular weight is 253 g/mol. The lowest BCUT2D eigenvalue weighted by Crippen LogP contribution is -2.50. The second kappa shape index (κ2) is 5.34. The van der Waals surface area contributed by atoms with E-state index in [0.717, 1.165) is 18.7 Å². The monoisotopic (exact) mass is 253 g/mol. The summed E-state index contributed by atoms with van der Waals surface area (Å²) in [6.07, 6.45) is 0.642. The van der Waals surface area contributed by atoms with Gasteiger partial charge in [0.25, 0.3) is 0 Å². The van der Waals surface area contributed by atoms with Crippen LogP contribution in [0.3, 0.4) is 0 Å². The van der Waals surface area contributed by atoms with Crippen LogP contribution in [0, 0.1) is 11.7 Å². The standard InChI is InChI=1S/C14H20FNO2/c1-16-8-7-14(17,12(9-16)10-18-2)11-3-5-13(15)6-4-11/h3-6,12,17H,7-10H2,1-2H3. The minimum absolute atomic E-state index is 0.00621. The Hall–Kier alpha value is -0.970. The van der Waals surface area contributed by atoms with Crippen LogP contribution in [0.4, 0.5) is 4.39 Å². The fourth-order valence-corrected chi connectivity index (χ4v) is 2.69. The number of likely N-dealkylation sites (tertiary alicyclic amines) is 1. The van der Waals surface area contributed by atoms with Crippen LogP contribution in [-0.2, 0) is 10.3 Å². The first-order chi connectivity index (χ1) is 8.56. The first kappa shape index (κ1) is 13.5. The molecule has 0 aliphatic carbocycles. The van der Waals surface area contributed by atoms with E-state index in [1.165, 1.54) is 12.1 Å². The number of hydrogen-bond acceptors (Lipinski definition) is 3. The van der Waals surface area contributed by atoms with Gasteiger partial charge in [-0.15, -0.1) is 0 Å². The van der Waals surface area contributed by atoms with E-state index in [4.69, 9.17) is 4.74 Å². The molecule has 1 fully saturated rings. The van der Waals surface area contributed by atoms with Crippen molar-refractivity contribution in [2.75, 3.05) is 33.9 Å². The van der Waals surface area contributed by atoms with Crippen molar-refractivity contribution in [1.82, 2.24) is 4.90 Å². The minimum atomic E-state index is -0.920. The van der Waals surface area contributed by atoms with Gasteiger partial charge < -0.3 is 14.7 Å². The largest absolute Gasteiger partial charge is 0.385 e. The van der Waals surface area contributed by atoms with Crippen LogP contribution in [0.5, 0.6) is 0 Å². The topological polar surface area (TPSA) is 32.7 Å². The predicted molar refractivity (Wildman–Crippen MR) is 67.8 cm³/mol. The maximum Gasteiger partial charge on any atom is 0.123 e. The van der Waals surface area contributed by atoms with Gasteiger partial charge in [-0.25, -0.2) is 4.39 Å². The molecule has 0 saturated carbocycles. The molecule has 1 aromatic rings. The van der Waals surface area contributed by atoms with Gasteiger partial charge in [0.2, 0.25) is 0 Å². The summed E-state index contributed by atoms with van der Waals surface area (Å²) < 4.78 is 18.2. The highest BCUT2D eigenvalue weighted by molar-refractivity contribution is 5.25. The normalized spacial score (nSPS) is 29.4. The molecule has 4 heteroatoms. The lowest BCUT2D eigenvalue weighted by Gasteiger charge is -2.43. The van der Waals surface area contributed by atoms with Crippen LogP contribution in [-0.4, -0.2) is 43.9 Å². The van der Waals surface area contributed by atoms with E-state index in [-0.39, 0.29) is 11.7 Å². The molecule has 2 atom stereocenters. The van der Waals surface area contributed by atoms with Crippen molar-refractivity contribution in [2.24, 2.45) is 5.92 Å². The molecular formula is C14H20FNO2. The van der Waals surface area contributed by atoms with Crippen LogP contribution in [0.25, 0.3) is 0 Å². The number of rotatable bonds is 3. The molecule has 1 N–H and O–H groups in total. The van der Waals surface area contributed by atoms with Gasteiger partial charge in [0.15, 0.2) is 0 Å². The van der Waals surface area contributed by atoms with Gasteiger partial charge in [0, 0.05) is 26.1 Å². The number of halogens is 1. The van der Waals surface area contributed by atoms with E-state index in [9.17, 15) is 9.50 Å². The highest BCUT2D eigenvalue weighted by atomic mass is 19.1. The zero-order chi connectivity index (χ0) is 13.2. The smallest absolute Gasteiger partial charge is 0.123 e. The third-order valence-electron chi connectivity index (χ3n) is 3.79. The van der Waals surface area contributed by atoms with Crippen LogP contribution in [0.15, 0.2) is 24.3 Å². The van der Waals surface area contributed by atoms with Gasteiger partial charge in [0.05, 0.1) is 12.2 Å². The van der Waals surface area contributed by atoms with Crippen LogP contribution < -0.4 is 0 Å². The van der Waals surface area contributed by atoms with E-state index in [1.54, 1.807) is 19.2 Å². The molecule has 0 aromatic heterocycles.